The van der Waals surface area contributed by atoms with E-state index in [0.717, 1.165) is 39.1 Å². The van der Waals surface area contributed by atoms with Crippen LogP contribution in [0, 0.1) is 0 Å². The van der Waals surface area contributed by atoms with E-state index in [0.29, 0.717) is 18.7 Å². The first-order valence-electron chi connectivity index (χ1n) is 9.86. The molecule has 0 saturated carbocycles. The van der Waals surface area contributed by atoms with E-state index in [2.05, 4.69) is 48.4 Å². The van der Waals surface area contributed by atoms with Gasteiger partial charge in [0.05, 0.1) is 22.3 Å². The number of carbonyl (C=O) groups is 1. The summed E-state index contributed by atoms with van der Waals surface area (Å²) in [5.41, 5.74) is 7.43. The first kappa shape index (κ1) is 21.9. The summed E-state index contributed by atoms with van der Waals surface area (Å²) in [6, 6.07) is 21.9. The minimum atomic E-state index is -0.132. The summed E-state index contributed by atoms with van der Waals surface area (Å²) < 4.78 is 8.47. The maximum absolute atomic E-state index is 13.0. The van der Waals surface area contributed by atoms with Gasteiger partial charge in [-0.2, -0.15) is 0 Å². The molecule has 0 unspecified atom stereocenters. The highest BCUT2D eigenvalue weighted by Gasteiger charge is 2.14. The molecule has 158 valence electrons. The van der Waals surface area contributed by atoms with Gasteiger partial charge in [0.1, 0.15) is 0 Å². The zero-order valence-corrected chi connectivity index (χ0v) is 20.0. The SMILES string of the molecule is COCCN(I)Cc1cc(C(=O)Nc2ccc3scnc3c2)ccc1-c1ccccc1. The summed E-state index contributed by atoms with van der Waals surface area (Å²) in [5, 5.41) is 3.00. The number of aromatic nitrogens is 1. The van der Waals surface area contributed by atoms with Crippen molar-refractivity contribution < 1.29 is 9.53 Å². The van der Waals surface area contributed by atoms with E-state index in [1.165, 1.54) is 0 Å². The number of thiazole rings is 1. The smallest absolute Gasteiger partial charge is 0.255 e. The Balaban J connectivity index is 1.60. The number of nitrogens with zero attached hydrogens (tertiary/aromatic N) is 2. The Morgan fingerprint density at radius 3 is 2.77 bits per heavy atom. The average Bonchev–Trinajstić information content (AvgIpc) is 3.26. The molecular weight excluding hydrogens is 521 g/mol. The van der Waals surface area contributed by atoms with Crippen molar-refractivity contribution in [3.63, 3.8) is 0 Å². The molecule has 0 radical (unpaired) electrons. The molecule has 3 aromatic carbocycles. The van der Waals surface area contributed by atoms with Crippen molar-refractivity contribution in [3.05, 3.63) is 83.4 Å². The Morgan fingerprint density at radius 2 is 1.97 bits per heavy atom. The third kappa shape index (κ3) is 5.48. The molecule has 31 heavy (non-hydrogen) atoms. The van der Waals surface area contributed by atoms with Crippen LogP contribution in [0.1, 0.15) is 15.9 Å². The predicted molar refractivity (Wildman–Crippen MR) is 136 cm³/mol. The quantitative estimate of drug-likeness (QED) is 0.218. The normalized spacial score (nSPS) is 11.2. The second-order valence-corrected chi connectivity index (χ2v) is 9.31. The maximum Gasteiger partial charge on any atom is 0.255 e. The fourth-order valence-corrected chi connectivity index (χ4v) is 4.58. The van der Waals surface area contributed by atoms with Gasteiger partial charge < -0.3 is 10.1 Å². The highest BCUT2D eigenvalue weighted by Crippen LogP contribution is 2.28. The highest BCUT2D eigenvalue weighted by molar-refractivity contribution is 14.1. The van der Waals surface area contributed by atoms with E-state index >= 15 is 0 Å². The van der Waals surface area contributed by atoms with Crippen LogP contribution in [-0.2, 0) is 11.3 Å². The minimum Gasteiger partial charge on any atom is -0.383 e. The monoisotopic (exact) mass is 543 g/mol. The maximum atomic E-state index is 13.0. The number of halogens is 1. The van der Waals surface area contributed by atoms with Gasteiger partial charge in [0.2, 0.25) is 0 Å². The van der Waals surface area contributed by atoms with Crippen LogP contribution in [-0.4, -0.2) is 34.3 Å². The Labute approximate surface area is 199 Å². The first-order chi connectivity index (χ1) is 15.1. The van der Waals surface area contributed by atoms with Gasteiger partial charge in [-0.05, 0) is 47.0 Å². The third-order valence-corrected chi connectivity index (χ3v) is 6.55. The lowest BCUT2D eigenvalue weighted by Crippen LogP contribution is -2.18. The molecule has 1 aromatic heterocycles. The number of hydrogen-bond acceptors (Lipinski definition) is 5. The minimum absolute atomic E-state index is 0.132. The Morgan fingerprint density at radius 1 is 1.13 bits per heavy atom. The number of anilines is 1. The molecular formula is C24H22IN3O2S. The van der Waals surface area contributed by atoms with Crippen molar-refractivity contribution >= 4 is 56.0 Å². The van der Waals surface area contributed by atoms with Gasteiger partial charge in [-0.25, -0.2) is 8.10 Å². The average molecular weight is 543 g/mol. The van der Waals surface area contributed by atoms with Crippen LogP contribution >= 0.6 is 34.2 Å². The Hall–Kier alpha value is -2.33. The molecule has 1 heterocycles. The summed E-state index contributed by atoms with van der Waals surface area (Å²) in [6.07, 6.45) is 0. The Bertz CT molecular complexity index is 1180. The van der Waals surface area contributed by atoms with Gasteiger partial charge in [-0.15, -0.1) is 11.3 Å². The van der Waals surface area contributed by atoms with Crippen LogP contribution in [0.5, 0.6) is 0 Å². The number of hydrogen-bond donors (Lipinski definition) is 1. The van der Waals surface area contributed by atoms with Crippen molar-refractivity contribution in [3.8, 4) is 11.1 Å². The molecule has 5 nitrogen and oxygen atoms in total. The topological polar surface area (TPSA) is 54.5 Å². The zero-order valence-electron chi connectivity index (χ0n) is 17.0. The van der Waals surface area contributed by atoms with E-state index in [9.17, 15) is 4.79 Å². The van der Waals surface area contributed by atoms with Crippen LogP contribution in [0.4, 0.5) is 5.69 Å². The number of nitrogens with one attached hydrogen (secondary N) is 1. The third-order valence-electron chi connectivity index (χ3n) is 4.92. The second kappa shape index (κ2) is 10.3. The molecule has 4 rings (SSSR count). The van der Waals surface area contributed by atoms with Crippen molar-refractivity contribution in [1.29, 1.82) is 0 Å². The molecule has 0 aliphatic heterocycles. The molecule has 0 aliphatic rings. The van der Waals surface area contributed by atoms with E-state index in [1.54, 1.807) is 18.4 Å². The van der Waals surface area contributed by atoms with E-state index < -0.39 is 0 Å². The summed E-state index contributed by atoms with van der Waals surface area (Å²) in [4.78, 5) is 17.3. The van der Waals surface area contributed by atoms with Crippen molar-refractivity contribution in [2.75, 3.05) is 25.6 Å². The van der Waals surface area contributed by atoms with E-state index in [-0.39, 0.29) is 5.91 Å². The van der Waals surface area contributed by atoms with Crippen LogP contribution in [0.15, 0.2) is 72.2 Å². The molecule has 4 aromatic rings. The van der Waals surface area contributed by atoms with Gasteiger partial charge >= 0.3 is 0 Å². The molecule has 0 fully saturated rings. The second-order valence-electron chi connectivity index (χ2n) is 7.06. The first-order valence-corrected chi connectivity index (χ1v) is 11.7. The van der Waals surface area contributed by atoms with Crippen LogP contribution in [0.3, 0.4) is 0 Å². The number of carbonyl (C=O) groups excluding carboxylic acids is 1. The number of fused-ring (bicyclic) bond motifs is 1. The van der Waals surface area contributed by atoms with Gasteiger partial charge in [0.25, 0.3) is 5.91 Å². The largest absolute Gasteiger partial charge is 0.383 e. The van der Waals surface area contributed by atoms with Crippen LogP contribution in [0.2, 0.25) is 0 Å². The van der Waals surface area contributed by atoms with Gasteiger partial charge in [0.15, 0.2) is 0 Å². The number of rotatable bonds is 8. The fourth-order valence-electron chi connectivity index (χ4n) is 3.36. The Kier molecular flexibility index (Phi) is 7.29. The summed E-state index contributed by atoms with van der Waals surface area (Å²) in [6.45, 7) is 2.16. The van der Waals surface area contributed by atoms with Crippen LogP contribution in [0.25, 0.3) is 21.3 Å². The molecule has 0 saturated heterocycles. The van der Waals surface area contributed by atoms with E-state index in [1.807, 2.05) is 60.1 Å². The molecule has 0 aliphatic carbocycles. The summed E-state index contributed by atoms with van der Waals surface area (Å²) in [5.74, 6) is -0.132. The van der Waals surface area contributed by atoms with Crippen molar-refractivity contribution in [1.82, 2.24) is 8.10 Å². The number of ether oxygens (including phenoxy) is 1. The number of benzene rings is 3. The molecule has 1 N–H and O–H groups in total. The fraction of sp³-hybridized carbons (Fsp3) is 0.167. The number of amides is 1. The molecule has 1 amide bonds. The molecule has 0 spiro atoms. The van der Waals surface area contributed by atoms with Gasteiger partial charge in [-0.3, -0.25) is 4.79 Å². The summed E-state index contributed by atoms with van der Waals surface area (Å²) >= 11 is 3.89. The lowest BCUT2D eigenvalue weighted by Gasteiger charge is -2.18. The van der Waals surface area contributed by atoms with Crippen molar-refractivity contribution in [2.24, 2.45) is 0 Å². The van der Waals surface area contributed by atoms with Gasteiger partial charge in [0, 0.05) is 54.3 Å². The standard InChI is InChI=1S/C24H22IN3O2S/c1-30-12-11-28(25)15-19-13-18(7-9-21(19)17-5-3-2-4-6-17)24(29)27-20-8-10-23-22(14-20)26-16-31-23/h2-10,13-14,16H,11-12,15H2,1H3,(H,27,29). The summed E-state index contributed by atoms with van der Waals surface area (Å²) in [7, 11) is 1.70. The molecule has 7 heteroatoms. The van der Waals surface area contributed by atoms with Gasteiger partial charge in [-0.1, -0.05) is 36.4 Å². The zero-order chi connectivity index (χ0) is 21.6. The molecule has 0 atom stereocenters. The van der Waals surface area contributed by atoms with E-state index in [4.69, 9.17) is 4.74 Å². The highest BCUT2D eigenvalue weighted by atomic mass is 127. The molecule has 0 bridgehead atoms. The predicted octanol–water partition coefficient (Wildman–Crippen LogP) is 6.01. The lowest BCUT2D eigenvalue weighted by atomic mass is 9.97. The van der Waals surface area contributed by atoms with Crippen LogP contribution < -0.4 is 5.32 Å². The number of methoxy groups -OCH3 is 1. The lowest BCUT2D eigenvalue weighted by molar-refractivity contribution is 0.102. The van der Waals surface area contributed by atoms with Crippen molar-refractivity contribution in [2.45, 2.75) is 6.54 Å².